The minimum absolute atomic E-state index is 0.675. The molecule has 2 rings (SSSR count). The molecular weight excluding hydrogens is 250 g/mol. The van der Waals surface area contributed by atoms with Gasteiger partial charge in [-0.3, -0.25) is 9.98 Å². The minimum Gasteiger partial charge on any atom is -0.364 e. The van der Waals surface area contributed by atoms with E-state index < -0.39 is 0 Å². The molecule has 0 aliphatic heterocycles. The van der Waals surface area contributed by atoms with Crippen LogP contribution in [-0.2, 0) is 13.1 Å². The number of H-pyrrole nitrogens is 1. The number of nitrogens with zero attached hydrogens (tertiary/aromatic N) is 3. The van der Waals surface area contributed by atoms with Crippen molar-refractivity contribution in [1.29, 1.82) is 0 Å². The minimum atomic E-state index is 0.675. The second kappa shape index (κ2) is 6.75. The van der Waals surface area contributed by atoms with Crippen molar-refractivity contribution in [1.82, 2.24) is 20.2 Å². The fourth-order valence-corrected chi connectivity index (χ4v) is 2.05. The Kier molecular flexibility index (Phi) is 4.76. The van der Waals surface area contributed by atoms with Gasteiger partial charge in [0.25, 0.3) is 0 Å². The van der Waals surface area contributed by atoms with Crippen molar-refractivity contribution in [2.75, 3.05) is 14.1 Å². The smallest absolute Gasteiger partial charge is 0.194 e. The van der Waals surface area contributed by atoms with Gasteiger partial charge in [0.15, 0.2) is 5.96 Å². The van der Waals surface area contributed by atoms with Crippen molar-refractivity contribution in [3.05, 3.63) is 53.6 Å². The fourth-order valence-electron chi connectivity index (χ4n) is 2.05. The highest BCUT2D eigenvalue weighted by atomic mass is 15.3. The van der Waals surface area contributed by atoms with Crippen LogP contribution in [0.25, 0.3) is 0 Å². The van der Waals surface area contributed by atoms with Crippen LogP contribution in [0.1, 0.15) is 17.0 Å². The molecule has 5 nitrogen and oxygen atoms in total. The van der Waals surface area contributed by atoms with Crippen LogP contribution in [0.15, 0.2) is 41.7 Å². The summed E-state index contributed by atoms with van der Waals surface area (Å²) < 4.78 is 0. The molecule has 0 unspecified atom stereocenters. The van der Waals surface area contributed by atoms with E-state index in [1.165, 1.54) is 5.56 Å². The summed E-state index contributed by atoms with van der Waals surface area (Å²) in [6.07, 6.45) is 3.74. The molecule has 0 aliphatic rings. The molecule has 0 radical (unpaired) electrons. The number of aliphatic imine (C=N–C) groups is 1. The maximum atomic E-state index is 4.38. The van der Waals surface area contributed by atoms with Crippen LogP contribution in [0.4, 0.5) is 0 Å². The Morgan fingerprint density at radius 1 is 1.40 bits per heavy atom. The maximum Gasteiger partial charge on any atom is 0.194 e. The van der Waals surface area contributed by atoms with E-state index in [0.717, 1.165) is 23.9 Å². The summed E-state index contributed by atoms with van der Waals surface area (Å²) in [5.41, 5.74) is 3.38. The Labute approximate surface area is 119 Å². The van der Waals surface area contributed by atoms with Gasteiger partial charge < -0.3 is 15.2 Å². The third-order valence-corrected chi connectivity index (χ3v) is 3.18. The molecule has 2 aromatic heterocycles. The molecule has 0 saturated heterocycles. The van der Waals surface area contributed by atoms with E-state index in [9.17, 15) is 0 Å². The van der Waals surface area contributed by atoms with Crippen molar-refractivity contribution in [3.8, 4) is 0 Å². The summed E-state index contributed by atoms with van der Waals surface area (Å²) in [6.45, 7) is 3.53. The first-order chi connectivity index (χ1) is 9.70. The number of pyridine rings is 1. The average molecular weight is 271 g/mol. The van der Waals surface area contributed by atoms with Gasteiger partial charge >= 0.3 is 0 Å². The molecule has 0 saturated carbocycles. The summed E-state index contributed by atoms with van der Waals surface area (Å²) >= 11 is 0. The Bertz CT molecular complexity index is 559. The lowest BCUT2D eigenvalue weighted by atomic mass is 10.2. The lowest BCUT2D eigenvalue weighted by molar-refractivity contribution is 0.470. The van der Waals surface area contributed by atoms with E-state index in [2.05, 4.69) is 44.2 Å². The first-order valence-corrected chi connectivity index (χ1v) is 6.65. The Balaban J connectivity index is 1.94. The van der Waals surface area contributed by atoms with Gasteiger partial charge in [-0.1, -0.05) is 6.07 Å². The number of nitrogens with one attached hydrogen (secondary N) is 2. The van der Waals surface area contributed by atoms with Gasteiger partial charge in [-0.05, 0) is 30.7 Å². The van der Waals surface area contributed by atoms with Crippen LogP contribution >= 0.6 is 0 Å². The highest BCUT2D eigenvalue weighted by Crippen LogP contribution is 2.04. The molecule has 20 heavy (non-hydrogen) atoms. The maximum absolute atomic E-state index is 4.38. The van der Waals surface area contributed by atoms with Crippen molar-refractivity contribution in [2.24, 2.45) is 4.99 Å². The summed E-state index contributed by atoms with van der Waals surface area (Å²) in [5.74, 6) is 0.852. The molecule has 5 heteroatoms. The van der Waals surface area contributed by atoms with E-state index in [1.807, 2.05) is 31.6 Å². The zero-order valence-electron chi connectivity index (χ0n) is 12.2. The van der Waals surface area contributed by atoms with Crippen molar-refractivity contribution >= 4 is 5.96 Å². The summed E-state index contributed by atoms with van der Waals surface area (Å²) in [6, 6.07) is 8.07. The first-order valence-electron chi connectivity index (χ1n) is 6.65. The molecule has 0 spiro atoms. The molecule has 0 amide bonds. The van der Waals surface area contributed by atoms with Gasteiger partial charge in [-0.25, -0.2) is 0 Å². The number of aromatic nitrogens is 2. The van der Waals surface area contributed by atoms with E-state index in [0.29, 0.717) is 6.54 Å². The number of aryl methyl sites for hydroxylation is 1. The Morgan fingerprint density at radius 2 is 2.25 bits per heavy atom. The molecule has 2 aromatic rings. The quantitative estimate of drug-likeness (QED) is 0.660. The molecule has 0 bridgehead atoms. The lowest BCUT2D eigenvalue weighted by Crippen LogP contribution is -2.38. The second-order valence-electron chi connectivity index (χ2n) is 4.72. The third kappa shape index (κ3) is 3.60. The molecule has 0 fully saturated rings. The van der Waals surface area contributed by atoms with E-state index in [4.69, 9.17) is 0 Å². The molecule has 106 valence electrons. The third-order valence-electron chi connectivity index (χ3n) is 3.18. The summed E-state index contributed by atoms with van der Waals surface area (Å²) in [5, 5.41) is 3.34. The number of aromatic amines is 1. The van der Waals surface area contributed by atoms with Gasteiger partial charge in [-0.15, -0.1) is 0 Å². The standard InChI is InChI=1S/C15H21N5/c1-12-6-4-9-18-14(12)10-19-15(16-2)20(3)11-13-7-5-8-17-13/h4-9,17H,10-11H2,1-3H3,(H,16,19). The van der Waals surface area contributed by atoms with E-state index in [-0.39, 0.29) is 0 Å². The highest BCUT2D eigenvalue weighted by Gasteiger charge is 2.07. The van der Waals surface area contributed by atoms with Crippen LogP contribution in [0, 0.1) is 6.92 Å². The van der Waals surface area contributed by atoms with Crippen molar-refractivity contribution in [2.45, 2.75) is 20.0 Å². The average Bonchev–Trinajstić information content (AvgIpc) is 2.94. The predicted octanol–water partition coefficient (Wildman–Crippen LogP) is 1.93. The highest BCUT2D eigenvalue weighted by molar-refractivity contribution is 5.79. The number of guanidine groups is 1. The first kappa shape index (κ1) is 14.1. The van der Waals surface area contributed by atoms with Crippen LogP contribution in [0.3, 0.4) is 0 Å². The molecule has 0 atom stereocenters. The summed E-state index contributed by atoms with van der Waals surface area (Å²) in [7, 11) is 3.81. The Morgan fingerprint density at radius 3 is 2.90 bits per heavy atom. The van der Waals surface area contributed by atoms with E-state index >= 15 is 0 Å². The van der Waals surface area contributed by atoms with Gasteiger partial charge in [0.05, 0.1) is 18.8 Å². The second-order valence-corrected chi connectivity index (χ2v) is 4.72. The predicted molar refractivity (Wildman–Crippen MR) is 81.4 cm³/mol. The molecular formula is C15H21N5. The zero-order valence-corrected chi connectivity index (χ0v) is 12.2. The Hall–Kier alpha value is -2.30. The van der Waals surface area contributed by atoms with Crippen LogP contribution < -0.4 is 5.32 Å². The van der Waals surface area contributed by atoms with Crippen LogP contribution in [0.2, 0.25) is 0 Å². The fraction of sp³-hybridized carbons (Fsp3) is 0.333. The van der Waals surface area contributed by atoms with E-state index in [1.54, 1.807) is 7.05 Å². The van der Waals surface area contributed by atoms with Gasteiger partial charge in [0, 0.05) is 32.2 Å². The lowest BCUT2D eigenvalue weighted by Gasteiger charge is -2.21. The van der Waals surface area contributed by atoms with Gasteiger partial charge in [0.2, 0.25) is 0 Å². The molecule has 2 N–H and O–H groups in total. The number of rotatable bonds is 4. The zero-order chi connectivity index (χ0) is 14.4. The van der Waals surface area contributed by atoms with Crippen LogP contribution in [0.5, 0.6) is 0 Å². The SMILES string of the molecule is CN=C(NCc1ncccc1C)N(C)Cc1ccc[nH]1. The molecule has 2 heterocycles. The van der Waals surface area contributed by atoms with Gasteiger partial charge in [-0.2, -0.15) is 0 Å². The largest absolute Gasteiger partial charge is 0.364 e. The topological polar surface area (TPSA) is 56.3 Å². The molecule has 0 aromatic carbocycles. The normalized spacial score (nSPS) is 11.4. The monoisotopic (exact) mass is 271 g/mol. The molecule has 0 aliphatic carbocycles. The van der Waals surface area contributed by atoms with Gasteiger partial charge in [0.1, 0.15) is 0 Å². The number of hydrogen-bond acceptors (Lipinski definition) is 2. The number of hydrogen-bond donors (Lipinski definition) is 2. The van der Waals surface area contributed by atoms with Crippen LogP contribution in [-0.4, -0.2) is 34.9 Å². The summed E-state index contributed by atoms with van der Waals surface area (Å²) in [4.78, 5) is 13.9. The van der Waals surface area contributed by atoms with Crippen molar-refractivity contribution < 1.29 is 0 Å². The van der Waals surface area contributed by atoms with Crippen molar-refractivity contribution in [3.63, 3.8) is 0 Å².